The standard InChI is InChI=1S/C12H19N3O3/c1-9-6-14-15(8-9)5-4-13-7-10-2-3-11(18-10)12(16)17/h6,8,10-11,13H,2-5,7H2,1H3,(H,16,17). The summed E-state index contributed by atoms with van der Waals surface area (Å²) in [7, 11) is 0. The number of hydrogen-bond acceptors (Lipinski definition) is 4. The number of carboxylic acid groups (broad SMARTS) is 1. The maximum Gasteiger partial charge on any atom is 0.332 e. The van der Waals surface area contributed by atoms with E-state index in [4.69, 9.17) is 9.84 Å². The summed E-state index contributed by atoms with van der Waals surface area (Å²) in [6.07, 6.45) is 4.65. The maximum atomic E-state index is 10.7. The Kier molecular flexibility index (Phi) is 4.33. The summed E-state index contributed by atoms with van der Waals surface area (Å²) in [4.78, 5) is 10.7. The average molecular weight is 253 g/mol. The largest absolute Gasteiger partial charge is 0.479 e. The van der Waals surface area contributed by atoms with Crippen LogP contribution in [0.5, 0.6) is 0 Å². The average Bonchev–Trinajstić information content (AvgIpc) is 2.93. The predicted molar refractivity (Wildman–Crippen MR) is 65.4 cm³/mol. The molecule has 0 amide bonds. The van der Waals surface area contributed by atoms with Gasteiger partial charge in [-0.15, -0.1) is 0 Å². The second-order valence-electron chi connectivity index (χ2n) is 4.65. The lowest BCUT2D eigenvalue weighted by Crippen LogP contribution is -2.31. The van der Waals surface area contributed by atoms with Gasteiger partial charge in [-0.3, -0.25) is 4.68 Å². The topological polar surface area (TPSA) is 76.4 Å². The predicted octanol–water partition coefficient (Wildman–Crippen LogP) is 0.413. The molecule has 0 bridgehead atoms. The monoisotopic (exact) mass is 253 g/mol. The van der Waals surface area contributed by atoms with E-state index in [1.165, 1.54) is 0 Å². The Bertz CT molecular complexity index is 405. The minimum Gasteiger partial charge on any atom is -0.479 e. The minimum atomic E-state index is -0.857. The van der Waals surface area contributed by atoms with Gasteiger partial charge in [-0.1, -0.05) is 0 Å². The second kappa shape index (κ2) is 5.97. The van der Waals surface area contributed by atoms with Crippen LogP contribution in [0.15, 0.2) is 12.4 Å². The number of rotatable bonds is 6. The van der Waals surface area contributed by atoms with Gasteiger partial charge >= 0.3 is 5.97 Å². The van der Waals surface area contributed by atoms with Gasteiger partial charge in [-0.25, -0.2) is 4.79 Å². The molecule has 100 valence electrons. The molecule has 0 spiro atoms. The number of aromatic nitrogens is 2. The van der Waals surface area contributed by atoms with Crippen molar-refractivity contribution in [3.05, 3.63) is 18.0 Å². The molecule has 0 aromatic carbocycles. The van der Waals surface area contributed by atoms with E-state index in [0.717, 1.165) is 25.1 Å². The van der Waals surface area contributed by atoms with E-state index in [-0.39, 0.29) is 6.10 Å². The summed E-state index contributed by atoms with van der Waals surface area (Å²) in [5, 5.41) is 16.3. The van der Waals surface area contributed by atoms with Crippen LogP contribution in [-0.4, -0.2) is 46.2 Å². The molecular weight excluding hydrogens is 234 g/mol. The van der Waals surface area contributed by atoms with E-state index in [0.29, 0.717) is 13.0 Å². The molecule has 2 unspecified atom stereocenters. The number of ether oxygens (including phenoxy) is 1. The fraction of sp³-hybridized carbons (Fsp3) is 0.667. The van der Waals surface area contributed by atoms with Gasteiger partial charge in [0.25, 0.3) is 0 Å². The number of carboxylic acids is 1. The van der Waals surface area contributed by atoms with Crippen LogP contribution in [0.1, 0.15) is 18.4 Å². The third kappa shape index (κ3) is 3.54. The number of hydrogen-bond donors (Lipinski definition) is 2. The van der Waals surface area contributed by atoms with E-state index < -0.39 is 12.1 Å². The first-order valence-corrected chi connectivity index (χ1v) is 6.23. The van der Waals surface area contributed by atoms with Crippen LogP contribution in [0.3, 0.4) is 0 Å². The summed E-state index contributed by atoms with van der Waals surface area (Å²) in [5.41, 5.74) is 1.15. The quantitative estimate of drug-likeness (QED) is 0.718. The number of aliphatic carboxylic acids is 1. The summed E-state index contributed by atoms with van der Waals surface area (Å²) >= 11 is 0. The first-order valence-electron chi connectivity index (χ1n) is 6.23. The molecule has 1 aromatic heterocycles. The van der Waals surface area contributed by atoms with Gasteiger partial charge < -0.3 is 15.2 Å². The Hall–Kier alpha value is -1.40. The molecule has 2 rings (SSSR count). The summed E-state index contributed by atoms with van der Waals surface area (Å²) in [5.74, 6) is -0.857. The Morgan fingerprint density at radius 2 is 2.50 bits per heavy atom. The fourth-order valence-corrected chi connectivity index (χ4v) is 2.08. The molecule has 2 atom stereocenters. The fourth-order valence-electron chi connectivity index (χ4n) is 2.08. The molecule has 6 heteroatoms. The zero-order valence-electron chi connectivity index (χ0n) is 10.5. The van der Waals surface area contributed by atoms with Gasteiger partial charge in [0.1, 0.15) is 0 Å². The van der Waals surface area contributed by atoms with Gasteiger partial charge in [0.15, 0.2) is 6.10 Å². The summed E-state index contributed by atoms with van der Waals surface area (Å²) in [6.45, 7) is 4.32. The molecule has 1 aromatic rings. The SMILES string of the molecule is Cc1cnn(CCNCC2CCC(C(=O)O)O2)c1. The third-order valence-corrected chi connectivity index (χ3v) is 3.04. The lowest BCUT2D eigenvalue weighted by molar-refractivity contribution is -0.149. The Morgan fingerprint density at radius 3 is 3.11 bits per heavy atom. The van der Waals surface area contributed by atoms with Crippen molar-refractivity contribution in [1.29, 1.82) is 0 Å². The van der Waals surface area contributed by atoms with Crippen LogP contribution >= 0.6 is 0 Å². The summed E-state index contributed by atoms with van der Waals surface area (Å²) in [6, 6.07) is 0. The van der Waals surface area contributed by atoms with E-state index in [1.807, 2.05) is 24.0 Å². The van der Waals surface area contributed by atoms with Gasteiger partial charge in [0, 0.05) is 19.3 Å². The Labute approximate surface area is 106 Å². The van der Waals surface area contributed by atoms with Crippen molar-refractivity contribution >= 4 is 5.97 Å². The highest BCUT2D eigenvalue weighted by atomic mass is 16.5. The van der Waals surface area contributed by atoms with Crippen molar-refractivity contribution in [2.75, 3.05) is 13.1 Å². The third-order valence-electron chi connectivity index (χ3n) is 3.04. The summed E-state index contributed by atoms with van der Waals surface area (Å²) < 4.78 is 7.28. The number of carbonyl (C=O) groups is 1. The molecule has 2 heterocycles. The highest BCUT2D eigenvalue weighted by Gasteiger charge is 2.29. The van der Waals surface area contributed by atoms with Crippen LogP contribution in [-0.2, 0) is 16.1 Å². The van der Waals surface area contributed by atoms with E-state index in [9.17, 15) is 4.79 Å². The van der Waals surface area contributed by atoms with E-state index in [2.05, 4.69) is 10.4 Å². The van der Waals surface area contributed by atoms with Crippen LogP contribution in [0, 0.1) is 6.92 Å². The van der Waals surface area contributed by atoms with Gasteiger partial charge in [0.2, 0.25) is 0 Å². The van der Waals surface area contributed by atoms with E-state index >= 15 is 0 Å². The van der Waals surface area contributed by atoms with Crippen molar-refractivity contribution in [3.63, 3.8) is 0 Å². The maximum absolute atomic E-state index is 10.7. The van der Waals surface area contributed by atoms with Crippen LogP contribution in [0.2, 0.25) is 0 Å². The van der Waals surface area contributed by atoms with Crippen molar-refractivity contribution < 1.29 is 14.6 Å². The highest BCUT2D eigenvalue weighted by molar-refractivity contribution is 5.72. The molecule has 1 saturated heterocycles. The van der Waals surface area contributed by atoms with Crippen molar-refractivity contribution in [2.45, 2.75) is 38.5 Å². The zero-order valence-corrected chi connectivity index (χ0v) is 10.5. The zero-order chi connectivity index (χ0) is 13.0. The highest BCUT2D eigenvalue weighted by Crippen LogP contribution is 2.18. The van der Waals surface area contributed by atoms with Crippen LogP contribution in [0.25, 0.3) is 0 Å². The van der Waals surface area contributed by atoms with Crippen LogP contribution < -0.4 is 5.32 Å². The molecule has 6 nitrogen and oxygen atoms in total. The molecule has 0 aliphatic carbocycles. The van der Waals surface area contributed by atoms with Crippen molar-refractivity contribution in [1.82, 2.24) is 15.1 Å². The first kappa shape index (κ1) is 13.0. The molecule has 1 fully saturated rings. The number of aryl methyl sites for hydroxylation is 1. The molecule has 0 saturated carbocycles. The molecule has 1 aliphatic rings. The normalized spacial score (nSPS) is 23.4. The van der Waals surface area contributed by atoms with E-state index in [1.54, 1.807) is 0 Å². The second-order valence-corrected chi connectivity index (χ2v) is 4.65. The Balaban J connectivity index is 1.60. The van der Waals surface area contributed by atoms with Gasteiger partial charge in [0.05, 0.1) is 18.8 Å². The molecule has 2 N–H and O–H groups in total. The minimum absolute atomic E-state index is 0.0189. The molecular formula is C12H19N3O3. The van der Waals surface area contributed by atoms with Crippen molar-refractivity contribution in [2.24, 2.45) is 0 Å². The molecule has 1 aliphatic heterocycles. The molecule has 18 heavy (non-hydrogen) atoms. The Morgan fingerprint density at radius 1 is 1.67 bits per heavy atom. The molecule has 0 radical (unpaired) electrons. The lowest BCUT2D eigenvalue weighted by Gasteiger charge is -2.12. The smallest absolute Gasteiger partial charge is 0.332 e. The van der Waals surface area contributed by atoms with Gasteiger partial charge in [-0.2, -0.15) is 5.10 Å². The van der Waals surface area contributed by atoms with Crippen LogP contribution in [0.4, 0.5) is 0 Å². The lowest BCUT2D eigenvalue weighted by atomic mass is 10.2. The van der Waals surface area contributed by atoms with Gasteiger partial charge in [-0.05, 0) is 25.3 Å². The van der Waals surface area contributed by atoms with Crippen molar-refractivity contribution in [3.8, 4) is 0 Å². The number of nitrogens with one attached hydrogen (secondary N) is 1. The number of nitrogens with zero attached hydrogens (tertiary/aromatic N) is 2. The first-order chi connectivity index (χ1) is 8.65.